The van der Waals surface area contributed by atoms with E-state index in [2.05, 4.69) is 35.1 Å². The van der Waals surface area contributed by atoms with E-state index in [0.29, 0.717) is 0 Å². The lowest BCUT2D eigenvalue weighted by Crippen LogP contribution is -2.18. The Hall–Kier alpha value is -1.26. The molecular weight excluding hydrogens is 230 g/mol. The van der Waals surface area contributed by atoms with E-state index in [0.717, 1.165) is 11.6 Å². The van der Waals surface area contributed by atoms with Crippen molar-refractivity contribution in [3.05, 3.63) is 41.7 Å². The molecule has 0 aliphatic carbocycles. The van der Waals surface area contributed by atoms with Gasteiger partial charge in [0.15, 0.2) is 5.16 Å². The fraction of sp³-hybridized carbons (Fsp3) is 0.308. The van der Waals surface area contributed by atoms with Crippen molar-refractivity contribution in [2.24, 2.45) is 5.73 Å². The minimum Gasteiger partial charge on any atom is -0.339 e. The van der Waals surface area contributed by atoms with Crippen molar-refractivity contribution >= 4 is 11.8 Å². The molecule has 1 aromatic heterocycles. The first-order chi connectivity index (χ1) is 8.15. The van der Waals surface area contributed by atoms with Crippen molar-refractivity contribution in [3.8, 4) is 0 Å². The number of benzene rings is 1. The third-order valence-electron chi connectivity index (χ3n) is 2.54. The molecular formula is C13H17N3S. The van der Waals surface area contributed by atoms with Crippen LogP contribution < -0.4 is 5.73 Å². The maximum atomic E-state index is 5.82. The Kier molecular flexibility index (Phi) is 3.86. The molecule has 0 aliphatic heterocycles. The van der Waals surface area contributed by atoms with Crippen molar-refractivity contribution < 1.29 is 0 Å². The summed E-state index contributed by atoms with van der Waals surface area (Å²) in [7, 11) is 0. The van der Waals surface area contributed by atoms with Gasteiger partial charge >= 0.3 is 0 Å². The summed E-state index contributed by atoms with van der Waals surface area (Å²) < 4.78 is 0. The highest BCUT2D eigenvalue weighted by atomic mass is 32.2. The average molecular weight is 247 g/mol. The summed E-state index contributed by atoms with van der Waals surface area (Å²) in [4.78, 5) is 8.48. The number of nitrogens with two attached hydrogens (primary N) is 1. The Balaban J connectivity index is 2.13. The number of aryl methyl sites for hydroxylation is 1. The molecule has 0 spiro atoms. The van der Waals surface area contributed by atoms with Gasteiger partial charge in [-0.05, 0) is 43.5 Å². The van der Waals surface area contributed by atoms with Crippen LogP contribution in [0, 0.1) is 6.92 Å². The first-order valence-corrected chi connectivity index (χ1v) is 6.49. The van der Waals surface area contributed by atoms with Gasteiger partial charge in [0.05, 0.1) is 0 Å². The molecule has 0 amide bonds. The number of H-pyrrole nitrogens is 1. The van der Waals surface area contributed by atoms with Crippen LogP contribution in [0.25, 0.3) is 0 Å². The lowest BCUT2D eigenvalue weighted by Gasteiger charge is -2.10. The standard InChI is InChI=1S/C13H17N3S/c1-9-7-12(17-13-15-5-6-16-13)4-3-11(9)8-10(2)14/h3-7,10H,8,14H2,1-2H3,(H,15,16). The molecule has 0 aliphatic rings. The van der Waals surface area contributed by atoms with Crippen molar-refractivity contribution in [2.45, 2.75) is 36.4 Å². The van der Waals surface area contributed by atoms with Crippen LogP contribution in [0.2, 0.25) is 0 Å². The first-order valence-electron chi connectivity index (χ1n) is 5.67. The van der Waals surface area contributed by atoms with E-state index in [1.54, 1.807) is 18.0 Å². The van der Waals surface area contributed by atoms with Gasteiger partial charge in [-0.15, -0.1) is 0 Å². The van der Waals surface area contributed by atoms with Gasteiger partial charge in [0, 0.05) is 23.3 Å². The minimum absolute atomic E-state index is 0.206. The molecule has 2 aromatic rings. The highest BCUT2D eigenvalue weighted by molar-refractivity contribution is 7.99. The van der Waals surface area contributed by atoms with Gasteiger partial charge in [-0.3, -0.25) is 0 Å². The number of aromatic nitrogens is 2. The highest BCUT2D eigenvalue weighted by Gasteiger charge is 2.05. The van der Waals surface area contributed by atoms with Crippen LogP contribution in [0.5, 0.6) is 0 Å². The monoisotopic (exact) mass is 247 g/mol. The SMILES string of the molecule is Cc1cc(Sc2ncc[nH]2)ccc1CC(C)N. The summed E-state index contributed by atoms with van der Waals surface area (Å²) in [5.41, 5.74) is 8.43. The zero-order valence-corrected chi connectivity index (χ0v) is 10.9. The second-order valence-corrected chi connectivity index (χ2v) is 5.33. The molecule has 0 bridgehead atoms. The quantitative estimate of drug-likeness (QED) is 0.873. The van der Waals surface area contributed by atoms with Gasteiger partial charge in [0.25, 0.3) is 0 Å². The molecule has 0 saturated heterocycles. The van der Waals surface area contributed by atoms with Crippen LogP contribution in [-0.2, 0) is 6.42 Å². The van der Waals surface area contributed by atoms with Crippen molar-refractivity contribution in [1.82, 2.24) is 9.97 Å². The Morgan fingerprint density at radius 3 is 2.88 bits per heavy atom. The number of rotatable bonds is 4. The van der Waals surface area contributed by atoms with Crippen LogP contribution in [0.3, 0.4) is 0 Å². The largest absolute Gasteiger partial charge is 0.339 e. The van der Waals surface area contributed by atoms with Gasteiger partial charge in [-0.1, -0.05) is 17.8 Å². The molecule has 1 atom stereocenters. The molecule has 3 nitrogen and oxygen atoms in total. The maximum absolute atomic E-state index is 5.82. The lowest BCUT2D eigenvalue weighted by atomic mass is 10.0. The number of imidazole rings is 1. The van der Waals surface area contributed by atoms with E-state index in [1.165, 1.54) is 16.0 Å². The molecule has 0 fully saturated rings. The van der Waals surface area contributed by atoms with Gasteiger partial charge in [-0.2, -0.15) is 0 Å². The van der Waals surface area contributed by atoms with Crippen molar-refractivity contribution in [3.63, 3.8) is 0 Å². The lowest BCUT2D eigenvalue weighted by molar-refractivity contribution is 0.734. The normalized spacial score (nSPS) is 12.6. The predicted molar refractivity (Wildman–Crippen MR) is 71.2 cm³/mol. The number of aromatic amines is 1. The molecule has 4 heteroatoms. The molecule has 90 valence electrons. The van der Waals surface area contributed by atoms with Gasteiger partial charge < -0.3 is 10.7 Å². The Bertz CT molecular complexity index is 477. The molecule has 1 unspecified atom stereocenters. The average Bonchev–Trinajstić information content (AvgIpc) is 2.74. The van der Waals surface area contributed by atoms with Crippen molar-refractivity contribution in [2.75, 3.05) is 0 Å². The number of hydrogen-bond acceptors (Lipinski definition) is 3. The smallest absolute Gasteiger partial charge is 0.170 e. The third-order valence-corrected chi connectivity index (χ3v) is 3.45. The minimum atomic E-state index is 0.206. The van der Waals surface area contributed by atoms with Crippen LogP contribution in [0.4, 0.5) is 0 Å². The molecule has 2 rings (SSSR count). The zero-order valence-electron chi connectivity index (χ0n) is 10.1. The molecule has 3 N–H and O–H groups in total. The second kappa shape index (κ2) is 5.38. The fourth-order valence-corrected chi connectivity index (χ4v) is 2.56. The number of nitrogens with zero attached hydrogens (tertiary/aromatic N) is 1. The molecule has 17 heavy (non-hydrogen) atoms. The summed E-state index contributed by atoms with van der Waals surface area (Å²) >= 11 is 1.64. The van der Waals surface area contributed by atoms with Gasteiger partial charge in [-0.25, -0.2) is 4.98 Å². The van der Waals surface area contributed by atoms with E-state index >= 15 is 0 Å². The Labute approximate surface area is 106 Å². The van der Waals surface area contributed by atoms with Gasteiger partial charge in [0.2, 0.25) is 0 Å². The maximum Gasteiger partial charge on any atom is 0.170 e. The molecule has 0 saturated carbocycles. The Morgan fingerprint density at radius 1 is 1.47 bits per heavy atom. The topological polar surface area (TPSA) is 54.7 Å². The van der Waals surface area contributed by atoms with Crippen LogP contribution in [0.1, 0.15) is 18.1 Å². The number of hydrogen-bond donors (Lipinski definition) is 2. The van der Waals surface area contributed by atoms with E-state index in [1.807, 2.05) is 13.1 Å². The summed E-state index contributed by atoms with van der Waals surface area (Å²) in [6.07, 6.45) is 4.52. The summed E-state index contributed by atoms with van der Waals surface area (Å²) in [6.45, 7) is 4.16. The zero-order chi connectivity index (χ0) is 12.3. The van der Waals surface area contributed by atoms with E-state index in [-0.39, 0.29) is 6.04 Å². The fourth-order valence-electron chi connectivity index (χ4n) is 1.73. The summed E-state index contributed by atoms with van der Waals surface area (Å²) in [5.74, 6) is 0. The molecule has 1 heterocycles. The summed E-state index contributed by atoms with van der Waals surface area (Å²) in [5, 5.41) is 0.921. The van der Waals surface area contributed by atoms with E-state index < -0.39 is 0 Å². The summed E-state index contributed by atoms with van der Waals surface area (Å²) in [6, 6.07) is 6.67. The molecule has 0 radical (unpaired) electrons. The van der Waals surface area contributed by atoms with E-state index in [9.17, 15) is 0 Å². The van der Waals surface area contributed by atoms with E-state index in [4.69, 9.17) is 5.73 Å². The van der Waals surface area contributed by atoms with Crippen LogP contribution in [-0.4, -0.2) is 16.0 Å². The van der Waals surface area contributed by atoms with Crippen LogP contribution in [0.15, 0.2) is 40.6 Å². The second-order valence-electron chi connectivity index (χ2n) is 4.27. The first kappa shape index (κ1) is 12.2. The number of nitrogens with one attached hydrogen (secondary N) is 1. The Morgan fingerprint density at radius 2 is 2.29 bits per heavy atom. The predicted octanol–water partition coefficient (Wildman–Crippen LogP) is 2.76. The van der Waals surface area contributed by atoms with Crippen LogP contribution >= 0.6 is 11.8 Å². The molecule has 1 aromatic carbocycles. The third kappa shape index (κ3) is 3.35. The van der Waals surface area contributed by atoms with Crippen molar-refractivity contribution in [1.29, 1.82) is 0 Å². The van der Waals surface area contributed by atoms with Gasteiger partial charge in [0.1, 0.15) is 0 Å². The highest BCUT2D eigenvalue weighted by Crippen LogP contribution is 2.26.